The number of halogens is 3. The van der Waals surface area contributed by atoms with Crippen molar-refractivity contribution < 1.29 is 23.1 Å². The maximum absolute atomic E-state index is 14.7. The fraction of sp³-hybridized carbons (Fsp3) is 0.346. The molecule has 1 amide bonds. The Labute approximate surface area is 201 Å². The number of nitrogens with two attached hydrogens (primary N) is 1. The number of anilines is 1. The van der Waals surface area contributed by atoms with E-state index in [1.54, 1.807) is 6.20 Å². The third-order valence-electron chi connectivity index (χ3n) is 6.38. The summed E-state index contributed by atoms with van der Waals surface area (Å²) in [4.78, 5) is 21.1. The van der Waals surface area contributed by atoms with Gasteiger partial charge < -0.3 is 16.2 Å². The van der Waals surface area contributed by atoms with Gasteiger partial charge in [0.1, 0.15) is 28.8 Å². The van der Waals surface area contributed by atoms with Gasteiger partial charge in [-0.15, -0.1) is 0 Å². The van der Waals surface area contributed by atoms with Crippen molar-refractivity contribution in [3.8, 4) is 11.3 Å². The number of aromatic nitrogens is 2. The minimum absolute atomic E-state index is 0.00101. The largest absolute Gasteiger partial charge is 0.389 e. The second-order valence-corrected chi connectivity index (χ2v) is 9.25. The van der Waals surface area contributed by atoms with Crippen LogP contribution in [0.3, 0.4) is 0 Å². The molecule has 0 radical (unpaired) electrons. The van der Waals surface area contributed by atoms with Crippen molar-refractivity contribution >= 4 is 11.6 Å². The maximum atomic E-state index is 14.7. The van der Waals surface area contributed by atoms with Crippen molar-refractivity contribution in [2.75, 3.05) is 5.32 Å². The first kappa shape index (κ1) is 24.8. The van der Waals surface area contributed by atoms with Crippen LogP contribution in [0.4, 0.5) is 18.9 Å². The van der Waals surface area contributed by atoms with Gasteiger partial charge >= 0.3 is 0 Å². The lowest BCUT2D eigenvalue weighted by Crippen LogP contribution is -2.31. The summed E-state index contributed by atoms with van der Waals surface area (Å²) in [6, 6.07) is 5.80. The summed E-state index contributed by atoms with van der Waals surface area (Å²) in [5, 5.41) is 12.4. The molecule has 35 heavy (non-hydrogen) atoms. The van der Waals surface area contributed by atoms with E-state index < -0.39 is 40.7 Å². The first-order valence-corrected chi connectivity index (χ1v) is 11.5. The number of nitrogens with zero attached hydrogens (tertiary/aromatic N) is 2. The van der Waals surface area contributed by atoms with Crippen molar-refractivity contribution in [2.45, 2.75) is 51.2 Å². The van der Waals surface area contributed by atoms with E-state index in [4.69, 9.17) is 5.73 Å². The van der Waals surface area contributed by atoms with Crippen LogP contribution in [0.5, 0.6) is 0 Å². The van der Waals surface area contributed by atoms with Crippen LogP contribution in [0.1, 0.15) is 66.7 Å². The predicted molar refractivity (Wildman–Crippen MR) is 126 cm³/mol. The second kappa shape index (κ2) is 10.1. The summed E-state index contributed by atoms with van der Waals surface area (Å²) < 4.78 is 43.9. The first-order valence-electron chi connectivity index (χ1n) is 11.5. The molecular formula is C26H27F3N4O2. The monoisotopic (exact) mass is 484 g/mol. The Morgan fingerprint density at radius 2 is 1.83 bits per heavy atom. The Bertz CT molecular complexity index is 1220. The number of hydrogen-bond donors (Lipinski definition) is 3. The molecule has 9 heteroatoms. The molecule has 1 fully saturated rings. The molecule has 0 aliphatic heterocycles. The second-order valence-electron chi connectivity index (χ2n) is 9.25. The van der Waals surface area contributed by atoms with Crippen LogP contribution in [-0.4, -0.2) is 27.0 Å². The fourth-order valence-corrected chi connectivity index (χ4v) is 4.77. The molecule has 1 aromatic carbocycles. The lowest BCUT2D eigenvalue weighted by atomic mass is 9.76. The molecule has 184 valence electrons. The molecule has 1 saturated carbocycles. The zero-order chi connectivity index (χ0) is 25.3. The van der Waals surface area contributed by atoms with Crippen LogP contribution in [0.25, 0.3) is 11.3 Å². The van der Waals surface area contributed by atoms with Crippen LogP contribution in [-0.2, 0) is 0 Å². The minimum atomic E-state index is -1.11. The maximum Gasteiger partial charge on any atom is 0.274 e. The van der Waals surface area contributed by atoms with Gasteiger partial charge in [-0.2, -0.15) is 0 Å². The Morgan fingerprint density at radius 3 is 2.49 bits per heavy atom. The number of pyridine rings is 2. The van der Waals surface area contributed by atoms with Crippen molar-refractivity contribution in [3.63, 3.8) is 0 Å². The van der Waals surface area contributed by atoms with Gasteiger partial charge in [-0.1, -0.05) is 6.92 Å². The van der Waals surface area contributed by atoms with Crippen LogP contribution < -0.4 is 11.1 Å². The molecule has 0 spiro atoms. The summed E-state index contributed by atoms with van der Waals surface area (Å²) in [6.07, 6.45) is 4.69. The molecule has 6 nitrogen and oxygen atoms in total. The zero-order valence-corrected chi connectivity index (χ0v) is 19.4. The Morgan fingerprint density at radius 1 is 1.11 bits per heavy atom. The van der Waals surface area contributed by atoms with Gasteiger partial charge in [-0.3, -0.25) is 9.78 Å². The molecule has 1 aliphatic carbocycles. The summed E-state index contributed by atoms with van der Waals surface area (Å²) in [5.74, 6) is -3.28. The quantitative estimate of drug-likeness (QED) is 0.468. The predicted octanol–water partition coefficient (Wildman–Crippen LogP) is 5.10. The first-order chi connectivity index (χ1) is 16.6. The highest BCUT2D eigenvalue weighted by molar-refractivity contribution is 6.03. The Kier molecular flexibility index (Phi) is 7.18. The third kappa shape index (κ3) is 5.36. The standard InChI is InChI=1S/C26H27F3N4O2/c1-13-7-16(9-17(30)8-13)18-5-6-31-12-23(18)33-26(35)22-4-3-19(27)25(32-22)24-20(28)10-15(14(2)34)11-21(24)29/h3-6,10-14,16-17,34H,7-9,30H2,1-2H3,(H,33,35)/t13-,14+,16+,17-/m0/s1. The number of hydrogen-bond acceptors (Lipinski definition) is 5. The smallest absolute Gasteiger partial charge is 0.274 e. The van der Waals surface area contributed by atoms with Gasteiger partial charge in [0.25, 0.3) is 5.91 Å². The number of rotatable bonds is 5. The molecule has 2 aromatic heterocycles. The van der Waals surface area contributed by atoms with Gasteiger partial charge in [0.15, 0.2) is 0 Å². The summed E-state index contributed by atoms with van der Waals surface area (Å²) in [7, 11) is 0. The van der Waals surface area contributed by atoms with E-state index in [-0.39, 0.29) is 23.2 Å². The molecule has 0 saturated heterocycles. The van der Waals surface area contributed by atoms with Gasteiger partial charge in [0, 0.05) is 12.2 Å². The van der Waals surface area contributed by atoms with Crippen molar-refractivity contribution in [1.82, 2.24) is 9.97 Å². The summed E-state index contributed by atoms with van der Waals surface area (Å²) in [6.45, 7) is 3.49. The van der Waals surface area contributed by atoms with Gasteiger partial charge in [-0.25, -0.2) is 18.2 Å². The molecule has 0 bridgehead atoms. The fourth-order valence-electron chi connectivity index (χ4n) is 4.77. The van der Waals surface area contributed by atoms with E-state index in [9.17, 15) is 23.1 Å². The molecule has 0 unspecified atom stereocenters. The SMILES string of the molecule is C[C@@H]1C[C@H](N)C[C@H](c2ccncc2NC(=O)c2ccc(F)c(-c3c(F)cc([C@@H](C)O)cc3F)n2)C1. The molecule has 2 heterocycles. The van der Waals surface area contributed by atoms with Gasteiger partial charge in [0.05, 0.1) is 23.6 Å². The van der Waals surface area contributed by atoms with E-state index in [2.05, 4.69) is 22.2 Å². The van der Waals surface area contributed by atoms with Crippen LogP contribution in [0, 0.1) is 23.4 Å². The Hall–Kier alpha value is -3.30. The molecule has 4 N–H and O–H groups in total. The highest BCUT2D eigenvalue weighted by atomic mass is 19.1. The number of carbonyl (C=O) groups excluding carboxylic acids is 1. The highest BCUT2D eigenvalue weighted by Crippen LogP contribution is 2.38. The van der Waals surface area contributed by atoms with Crippen LogP contribution >= 0.6 is 0 Å². The molecule has 1 aliphatic rings. The van der Waals surface area contributed by atoms with Gasteiger partial charge in [0.2, 0.25) is 0 Å². The van der Waals surface area contributed by atoms with E-state index in [1.165, 1.54) is 13.1 Å². The van der Waals surface area contributed by atoms with E-state index in [1.807, 2.05) is 6.07 Å². The molecular weight excluding hydrogens is 457 g/mol. The van der Waals surface area contributed by atoms with Crippen LogP contribution in [0.2, 0.25) is 0 Å². The lowest BCUT2D eigenvalue weighted by Gasteiger charge is -2.32. The number of aliphatic hydroxyl groups is 1. The minimum Gasteiger partial charge on any atom is -0.389 e. The lowest BCUT2D eigenvalue weighted by molar-refractivity contribution is 0.102. The topological polar surface area (TPSA) is 101 Å². The van der Waals surface area contributed by atoms with Crippen molar-refractivity contribution in [3.05, 3.63) is 77.0 Å². The average Bonchev–Trinajstić information content (AvgIpc) is 2.79. The van der Waals surface area contributed by atoms with E-state index >= 15 is 0 Å². The normalized spacial score (nSPS) is 20.9. The molecule has 4 rings (SSSR count). The summed E-state index contributed by atoms with van der Waals surface area (Å²) in [5.41, 5.74) is 6.01. The van der Waals surface area contributed by atoms with Crippen molar-refractivity contribution in [2.24, 2.45) is 11.7 Å². The van der Waals surface area contributed by atoms with Gasteiger partial charge in [-0.05, 0) is 79.5 Å². The summed E-state index contributed by atoms with van der Waals surface area (Å²) >= 11 is 0. The van der Waals surface area contributed by atoms with Crippen LogP contribution in [0.15, 0.2) is 42.7 Å². The van der Waals surface area contributed by atoms with E-state index in [0.717, 1.165) is 49.1 Å². The number of carbonyl (C=O) groups is 1. The third-order valence-corrected chi connectivity index (χ3v) is 6.38. The molecule has 4 atom stereocenters. The highest BCUT2D eigenvalue weighted by Gasteiger charge is 2.28. The molecule has 3 aromatic rings. The zero-order valence-electron chi connectivity index (χ0n) is 19.4. The Balaban J connectivity index is 1.64. The number of amides is 1. The number of nitrogens with one attached hydrogen (secondary N) is 1. The van der Waals surface area contributed by atoms with E-state index in [0.29, 0.717) is 11.6 Å². The number of benzene rings is 1. The average molecular weight is 485 g/mol. The van der Waals surface area contributed by atoms with Crippen molar-refractivity contribution in [1.29, 1.82) is 0 Å². The number of aliphatic hydroxyl groups excluding tert-OH is 1.